The lowest BCUT2D eigenvalue weighted by atomic mass is 9.97. The monoisotopic (exact) mass is 283 g/mol. The van der Waals surface area contributed by atoms with Crippen LogP contribution in [0.25, 0.3) is 0 Å². The number of nitrogens with two attached hydrogens (primary N) is 1. The Morgan fingerprint density at radius 3 is 2.44 bits per heavy atom. The van der Waals surface area contributed by atoms with Crippen LogP contribution in [0.5, 0.6) is 0 Å². The smallest absolute Gasteiger partial charge is 0.324 e. The molecule has 0 spiro atoms. The van der Waals surface area contributed by atoms with Gasteiger partial charge in [-0.1, -0.05) is 6.08 Å². The fourth-order valence-corrected chi connectivity index (χ4v) is 1.55. The van der Waals surface area contributed by atoms with E-state index in [1.54, 1.807) is 6.08 Å². The number of alkyl halides is 3. The number of halogens is 5. The van der Waals surface area contributed by atoms with Crippen molar-refractivity contribution < 1.29 is 17.6 Å². The van der Waals surface area contributed by atoms with Gasteiger partial charge in [-0.25, -0.2) is 4.39 Å². The van der Waals surface area contributed by atoms with Crippen LogP contribution in [0.3, 0.4) is 0 Å². The maximum Gasteiger partial charge on any atom is 0.416 e. The third-order valence-electron chi connectivity index (χ3n) is 2.40. The van der Waals surface area contributed by atoms with E-state index in [0.29, 0.717) is 12.8 Å². The predicted molar refractivity (Wildman–Crippen MR) is 65.0 cm³/mol. The van der Waals surface area contributed by atoms with Crippen molar-refractivity contribution in [3.05, 3.63) is 47.8 Å². The second-order valence-electron chi connectivity index (χ2n) is 3.70. The fourth-order valence-electron chi connectivity index (χ4n) is 1.55. The molecule has 0 saturated heterocycles. The quantitative estimate of drug-likeness (QED) is 0.649. The Kier molecular flexibility index (Phi) is 6.35. The van der Waals surface area contributed by atoms with Crippen LogP contribution in [0, 0.1) is 5.82 Å². The van der Waals surface area contributed by atoms with Crippen LogP contribution in [0.4, 0.5) is 17.6 Å². The molecule has 1 atom stereocenters. The maximum atomic E-state index is 13.0. The second kappa shape index (κ2) is 6.75. The predicted octanol–water partition coefficient (Wildman–Crippen LogP) is 4.23. The molecule has 0 bridgehead atoms. The van der Waals surface area contributed by atoms with Crippen molar-refractivity contribution >= 4 is 12.4 Å². The Labute approximate surface area is 109 Å². The summed E-state index contributed by atoms with van der Waals surface area (Å²) < 4.78 is 51.0. The van der Waals surface area contributed by atoms with Crippen LogP contribution < -0.4 is 5.73 Å². The van der Waals surface area contributed by atoms with Gasteiger partial charge in [-0.15, -0.1) is 19.0 Å². The van der Waals surface area contributed by atoms with Gasteiger partial charge in [-0.05, 0) is 36.6 Å². The molecule has 0 aliphatic carbocycles. The van der Waals surface area contributed by atoms with Gasteiger partial charge < -0.3 is 5.73 Å². The highest BCUT2D eigenvalue weighted by Crippen LogP contribution is 2.35. The average molecular weight is 284 g/mol. The van der Waals surface area contributed by atoms with Crippen molar-refractivity contribution in [3.63, 3.8) is 0 Å². The fraction of sp³-hybridized carbons (Fsp3) is 0.333. The maximum absolute atomic E-state index is 13.0. The highest BCUT2D eigenvalue weighted by Gasteiger charge is 2.34. The van der Waals surface area contributed by atoms with Gasteiger partial charge in [0.1, 0.15) is 5.82 Å². The summed E-state index contributed by atoms with van der Waals surface area (Å²) in [6.45, 7) is 3.46. The summed E-state index contributed by atoms with van der Waals surface area (Å²) in [7, 11) is 0. The number of allylic oxidation sites excluding steroid dienone is 1. The van der Waals surface area contributed by atoms with E-state index >= 15 is 0 Å². The van der Waals surface area contributed by atoms with Crippen molar-refractivity contribution in [2.75, 3.05) is 0 Å². The van der Waals surface area contributed by atoms with Gasteiger partial charge in [0.15, 0.2) is 0 Å². The number of rotatable bonds is 4. The van der Waals surface area contributed by atoms with E-state index in [4.69, 9.17) is 5.73 Å². The Hall–Kier alpha value is -1.07. The first-order chi connectivity index (χ1) is 7.86. The number of hydrogen-bond donors (Lipinski definition) is 1. The summed E-state index contributed by atoms with van der Waals surface area (Å²) in [5.41, 5.74) is 4.54. The molecular weight excluding hydrogens is 270 g/mol. The molecule has 0 saturated carbocycles. The van der Waals surface area contributed by atoms with Crippen LogP contribution >= 0.6 is 12.4 Å². The zero-order valence-corrected chi connectivity index (χ0v) is 10.3. The zero-order valence-electron chi connectivity index (χ0n) is 9.51. The van der Waals surface area contributed by atoms with E-state index in [9.17, 15) is 17.6 Å². The summed E-state index contributed by atoms with van der Waals surface area (Å²) in [6.07, 6.45) is -2.17. The van der Waals surface area contributed by atoms with Gasteiger partial charge in [-0.3, -0.25) is 0 Å². The molecule has 1 nitrogen and oxygen atoms in total. The molecule has 1 rings (SSSR count). The molecule has 0 fully saturated rings. The molecule has 0 heterocycles. The molecule has 6 heteroatoms. The van der Waals surface area contributed by atoms with Crippen LogP contribution in [0.15, 0.2) is 30.9 Å². The molecule has 0 aromatic heterocycles. The molecular formula is C12H14ClF4N. The second-order valence-corrected chi connectivity index (χ2v) is 3.70. The van der Waals surface area contributed by atoms with Crippen LogP contribution in [-0.2, 0) is 6.18 Å². The van der Waals surface area contributed by atoms with Crippen molar-refractivity contribution in [1.29, 1.82) is 0 Å². The Bertz CT molecular complexity index is 404. The van der Waals surface area contributed by atoms with Crippen molar-refractivity contribution in [2.24, 2.45) is 5.73 Å². The van der Waals surface area contributed by atoms with Gasteiger partial charge >= 0.3 is 6.18 Å². The zero-order chi connectivity index (χ0) is 13.1. The van der Waals surface area contributed by atoms with Crippen LogP contribution in [0.2, 0.25) is 0 Å². The minimum absolute atomic E-state index is 0. The van der Waals surface area contributed by atoms with E-state index in [1.807, 2.05) is 0 Å². The van der Waals surface area contributed by atoms with Crippen molar-refractivity contribution in [2.45, 2.75) is 25.1 Å². The molecule has 0 unspecified atom stereocenters. The Morgan fingerprint density at radius 2 is 1.94 bits per heavy atom. The van der Waals surface area contributed by atoms with E-state index < -0.39 is 23.6 Å². The molecule has 1 aromatic carbocycles. The minimum Gasteiger partial charge on any atom is -0.324 e. The molecule has 2 N–H and O–H groups in total. The molecule has 0 amide bonds. The summed E-state index contributed by atoms with van der Waals surface area (Å²) in [6, 6.07) is 1.50. The summed E-state index contributed by atoms with van der Waals surface area (Å²) in [4.78, 5) is 0. The van der Waals surface area contributed by atoms with E-state index in [2.05, 4.69) is 6.58 Å². The number of benzene rings is 1. The van der Waals surface area contributed by atoms with Gasteiger partial charge in [0, 0.05) is 6.04 Å². The largest absolute Gasteiger partial charge is 0.416 e. The highest BCUT2D eigenvalue weighted by atomic mass is 35.5. The molecule has 0 radical (unpaired) electrons. The Balaban J connectivity index is 0.00000289. The Morgan fingerprint density at radius 1 is 1.33 bits per heavy atom. The molecule has 0 aliphatic rings. The number of hydrogen-bond acceptors (Lipinski definition) is 1. The van der Waals surface area contributed by atoms with Crippen molar-refractivity contribution in [3.8, 4) is 0 Å². The van der Waals surface area contributed by atoms with E-state index in [0.717, 1.165) is 18.2 Å². The summed E-state index contributed by atoms with van der Waals surface area (Å²) >= 11 is 0. The third-order valence-corrected chi connectivity index (χ3v) is 2.40. The molecule has 0 aliphatic heterocycles. The highest BCUT2D eigenvalue weighted by molar-refractivity contribution is 5.85. The van der Waals surface area contributed by atoms with Crippen LogP contribution in [0.1, 0.15) is 30.0 Å². The van der Waals surface area contributed by atoms with Gasteiger partial charge in [0.2, 0.25) is 0 Å². The van der Waals surface area contributed by atoms with Crippen LogP contribution in [-0.4, -0.2) is 0 Å². The molecule has 1 aromatic rings. The normalized spacial score (nSPS) is 12.7. The van der Waals surface area contributed by atoms with Gasteiger partial charge in [0.05, 0.1) is 5.56 Å². The summed E-state index contributed by atoms with van der Waals surface area (Å²) in [5.74, 6) is -0.720. The first kappa shape index (κ1) is 16.9. The first-order valence-corrected chi connectivity index (χ1v) is 5.09. The lowest BCUT2D eigenvalue weighted by molar-refractivity contribution is -0.138. The topological polar surface area (TPSA) is 26.0 Å². The average Bonchev–Trinajstić information content (AvgIpc) is 2.24. The van der Waals surface area contributed by atoms with E-state index in [1.165, 1.54) is 0 Å². The third kappa shape index (κ3) is 4.31. The van der Waals surface area contributed by atoms with Crippen molar-refractivity contribution in [1.82, 2.24) is 0 Å². The van der Waals surface area contributed by atoms with E-state index in [-0.39, 0.29) is 18.0 Å². The summed E-state index contributed by atoms with van der Waals surface area (Å²) in [5, 5.41) is 0. The SMILES string of the molecule is C=CCC[C@H](N)c1cc(F)ccc1C(F)(F)F.Cl. The molecule has 18 heavy (non-hydrogen) atoms. The minimum atomic E-state index is -4.52. The standard InChI is InChI=1S/C12H13F4N.ClH/c1-2-3-4-11(17)9-7-8(13)5-6-10(9)12(14,15)16;/h2,5-7,11H,1,3-4,17H2;1H/t11-;/m0./s1. The lowest BCUT2D eigenvalue weighted by Gasteiger charge is -2.17. The lowest BCUT2D eigenvalue weighted by Crippen LogP contribution is -2.17. The first-order valence-electron chi connectivity index (χ1n) is 5.09. The molecule has 102 valence electrons. The van der Waals surface area contributed by atoms with Gasteiger partial charge in [0.25, 0.3) is 0 Å². The van der Waals surface area contributed by atoms with Gasteiger partial charge in [-0.2, -0.15) is 13.2 Å².